The Balaban J connectivity index is 1.66. The highest BCUT2D eigenvalue weighted by atomic mass is 35.5. The largest absolute Gasteiger partial charge is 0.488 e. The smallest absolute Gasteiger partial charge is 0.335 e. The van der Waals surface area contributed by atoms with E-state index in [0.29, 0.717) is 27.0 Å². The number of carbonyl (C=O) groups is 3. The van der Waals surface area contributed by atoms with E-state index in [4.69, 9.17) is 27.9 Å². The standard InChI is InChI=1S/C26H20Cl2N2O4/c1-15-6-5-8-22(16(15)2)30-25(32)19(24(31)29-26(30)33)13-18-7-3-4-9-23(18)34-14-17-10-11-20(27)21(28)12-17/h3-13H,14H2,1-2H3,(H,29,31,33)/b19-13+. The van der Waals surface area contributed by atoms with Crippen LogP contribution >= 0.6 is 23.2 Å². The van der Waals surface area contributed by atoms with Crippen LogP contribution in [0.5, 0.6) is 5.75 Å². The van der Waals surface area contributed by atoms with Crippen molar-refractivity contribution < 1.29 is 19.1 Å². The minimum atomic E-state index is -0.787. The summed E-state index contributed by atoms with van der Waals surface area (Å²) in [6.45, 7) is 3.90. The topological polar surface area (TPSA) is 75.7 Å². The molecule has 1 saturated heterocycles. The SMILES string of the molecule is Cc1cccc(N2C(=O)NC(=O)/C(=C\c3ccccc3OCc3ccc(Cl)c(Cl)c3)C2=O)c1C. The first kappa shape index (κ1) is 23.5. The summed E-state index contributed by atoms with van der Waals surface area (Å²) in [6, 6.07) is 16.7. The van der Waals surface area contributed by atoms with Crippen LogP contribution in [0.4, 0.5) is 10.5 Å². The predicted octanol–water partition coefficient (Wildman–Crippen LogP) is 5.86. The molecule has 1 aliphatic rings. The van der Waals surface area contributed by atoms with E-state index in [1.807, 2.05) is 19.9 Å². The number of amides is 4. The maximum atomic E-state index is 13.3. The summed E-state index contributed by atoms with van der Waals surface area (Å²) < 4.78 is 5.93. The Morgan fingerprint density at radius 1 is 0.941 bits per heavy atom. The number of halogens is 2. The van der Waals surface area contributed by atoms with Crippen LogP contribution in [0.3, 0.4) is 0 Å². The molecule has 0 aromatic heterocycles. The van der Waals surface area contributed by atoms with Gasteiger partial charge < -0.3 is 4.74 Å². The molecule has 34 heavy (non-hydrogen) atoms. The molecule has 0 spiro atoms. The number of imide groups is 2. The summed E-state index contributed by atoms with van der Waals surface area (Å²) in [7, 11) is 0. The van der Waals surface area contributed by atoms with Gasteiger partial charge in [0.05, 0.1) is 15.7 Å². The molecule has 0 bridgehead atoms. The summed E-state index contributed by atoms with van der Waals surface area (Å²) in [6.07, 6.45) is 1.42. The second-order valence-electron chi connectivity index (χ2n) is 7.75. The van der Waals surface area contributed by atoms with Crippen molar-refractivity contribution in [3.05, 3.63) is 98.5 Å². The molecule has 0 atom stereocenters. The molecule has 1 aliphatic heterocycles. The van der Waals surface area contributed by atoms with Crippen molar-refractivity contribution in [1.82, 2.24) is 5.32 Å². The molecule has 1 N–H and O–H groups in total. The van der Waals surface area contributed by atoms with Crippen molar-refractivity contribution in [2.75, 3.05) is 4.90 Å². The summed E-state index contributed by atoms with van der Waals surface area (Å²) in [4.78, 5) is 39.4. The zero-order chi connectivity index (χ0) is 24.4. The Labute approximate surface area is 206 Å². The number of rotatable bonds is 5. The highest BCUT2D eigenvalue weighted by Crippen LogP contribution is 2.29. The molecule has 0 radical (unpaired) electrons. The van der Waals surface area contributed by atoms with E-state index >= 15 is 0 Å². The lowest BCUT2D eigenvalue weighted by Gasteiger charge is -2.28. The van der Waals surface area contributed by atoms with Crippen molar-refractivity contribution in [3.8, 4) is 5.75 Å². The third-order valence-corrected chi connectivity index (χ3v) is 6.25. The maximum absolute atomic E-state index is 13.3. The fourth-order valence-corrected chi connectivity index (χ4v) is 3.85. The van der Waals surface area contributed by atoms with Gasteiger partial charge in [-0.05, 0) is 60.9 Å². The molecule has 8 heteroatoms. The van der Waals surface area contributed by atoms with Crippen LogP contribution in [0, 0.1) is 13.8 Å². The first-order chi connectivity index (χ1) is 16.3. The lowest BCUT2D eigenvalue weighted by Crippen LogP contribution is -2.54. The average molecular weight is 495 g/mol. The van der Waals surface area contributed by atoms with Gasteiger partial charge in [-0.25, -0.2) is 9.69 Å². The summed E-state index contributed by atoms with van der Waals surface area (Å²) in [5, 5.41) is 3.12. The van der Waals surface area contributed by atoms with Gasteiger partial charge in [0.2, 0.25) is 0 Å². The molecule has 0 unspecified atom stereocenters. The first-order valence-electron chi connectivity index (χ1n) is 10.4. The van der Waals surface area contributed by atoms with Crippen LogP contribution in [-0.2, 0) is 16.2 Å². The Kier molecular flexibility index (Phi) is 6.72. The predicted molar refractivity (Wildman–Crippen MR) is 132 cm³/mol. The van der Waals surface area contributed by atoms with E-state index in [1.54, 1.807) is 54.6 Å². The number of ether oxygens (including phenoxy) is 1. The molecule has 4 amide bonds. The molecular formula is C26H20Cl2N2O4. The van der Waals surface area contributed by atoms with Crippen molar-refractivity contribution in [2.24, 2.45) is 0 Å². The molecule has 0 aliphatic carbocycles. The first-order valence-corrected chi connectivity index (χ1v) is 11.2. The highest BCUT2D eigenvalue weighted by Gasteiger charge is 2.37. The van der Waals surface area contributed by atoms with Crippen LogP contribution in [0.2, 0.25) is 10.0 Å². The molecule has 4 rings (SSSR count). The minimum Gasteiger partial charge on any atom is -0.488 e. The molecule has 1 fully saturated rings. The molecule has 0 saturated carbocycles. The van der Waals surface area contributed by atoms with E-state index in [0.717, 1.165) is 21.6 Å². The van der Waals surface area contributed by atoms with Crippen molar-refractivity contribution in [2.45, 2.75) is 20.5 Å². The lowest BCUT2D eigenvalue weighted by atomic mass is 10.0. The van der Waals surface area contributed by atoms with Crippen LogP contribution in [0.15, 0.2) is 66.2 Å². The van der Waals surface area contributed by atoms with Gasteiger partial charge in [0, 0.05) is 5.56 Å². The van der Waals surface area contributed by atoms with Gasteiger partial charge in [0.15, 0.2) is 0 Å². The van der Waals surface area contributed by atoms with Gasteiger partial charge in [-0.3, -0.25) is 14.9 Å². The van der Waals surface area contributed by atoms with Gasteiger partial charge in [-0.15, -0.1) is 0 Å². The van der Waals surface area contributed by atoms with Crippen LogP contribution in [0.1, 0.15) is 22.3 Å². The second kappa shape index (κ2) is 9.71. The number of urea groups is 1. The zero-order valence-corrected chi connectivity index (χ0v) is 19.9. The molecule has 6 nitrogen and oxygen atoms in total. The molecule has 1 heterocycles. The van der Waals surface area contributed by atoms with Gasteiger partial charge in [0.1, 0.15) is 17.9 Å². The molecular weight excluding hydrogens is 475 g/mol. The number of nitrogens with zero attached hydrogens (tertiary/aromatic N) is 1. The van der Waals surface area contributed by atoms with Crippen molar-refractivity contribution >= 4 is 52.8 Å². The number of hydrogen-bond donors (Lipinski definition) is 1. The van der Waals surface area contributed by atoms with Crippen LogP contribution in [-0.4, -0.2) is 17.8 Å². The van der Waals surface area contributed by atoms with Crippen LogP contribution < -0.4 is 15.0 Å². The van der Waals surface area contributed by atoms with E-state index in [1.165, 1.54) is 6.08 Å². The molecule has 3 aromatic rings. The van der Waals surface area contributed by atoms with Gasteiger partial charge >= 0.3 is 6.03 Å². The normalized spacial score (nSPS) is 15.0. The lowest BCUT2D eigenvalue weighted by molar-refractivity contribution is -0.122. The number of para-hydroxylation sites is 1. The quantitative estimate of drug-likeness (QED) is 0.356. The fraction of sp³-hybridized carbons (Fsp3) is 0.115. The highest BCUT2D eigenvalue weighted by molar-refractivity contribution is 6.42. The minimum absolute atomic E-state index is 0.175. The van der Waals surface area contributed by atoms with Gasteiger partial charge in [-0.1, -0.05) is 59.6 Å². The van der Waals surface area contributed by atoms with E-state index < -0.39 is 17.8 Å². The Bertz CT molecular complexity index is 1350. The Morgan fingerprint density at radius 2 is 1.71 bits per heavy atom. The number of carbonyl (C=O) groups excluding carboxylic acids is 3. The summed E-state index contributed by atoms with van der Waals surface area (Å²) >= 11 is 12.0. The summed E-state index contributed by atoms with van der Waals surface area (Å²) in [5.74, 6) is -1.02. The van der Waals surface area contributed by atoms with Crippen molar-refractivity contribution in [1.29, 1.82) is 0 Å². The van der Waals surface area contributed by atoms with Crippen molar-refractivity contribution in [3.63, 3.8) is 0 Å². The summed E-state index contributed by atoms with van der Waals surface area (Å²) in [5.41, 5.74) is 3.24. The number of aryl methyl sites for hydroxylation is 1. The monoisotopic (exact) mass is 494 g/mol. The molecule has 3 aromatic carbocycles. The zero-order valence-electron chi connectivity index (χ0n) is 18.4. The number of nitrogens with one attached hydrogen (secondary N) is 1. The molecule has 172 valence electrons. The number of hydrogen-bond acceptors (Lipinski definition) is 4. The number of barbiturate groups is 1. The number of benzene rings is 3. The third-order valence-electron chi connectivity index (χ3n) is 5.52. The number of anilines is 1. The third kappa shape index (κ3) is 4.69. The Hall–Kier alpha value is -3.61. The van der Waals surface area contributed by atoms with E-state index in [2.05, 4.69) is 5.32 Å². The van der Waals surface area contributed by atoms with Gasteiger partial charge in [-0.2, -0.15) is 0 Å². The van der Waals surface area contributed by atoms with E-state index in [9.17, 15) is 14.4 Å². The second-order valence-corrected chi connectivity index (χ2v) is 8.57. The average Bonchev–Trinajstić information content (AvgIpc) is 2.80. The van der Waals surface area contributed by atoms with E-state index in [-0.39, 0.29) is 12.2 Å². The van der Waals surface area contributed by atoms with Gasteiger partial charge in [0.25, 0.3) is 11.8 Å². The fourth-order valence-electron chi connectivity index (χ4n) is 3.53. The Morgan fingerprint density at radius 3 is 2.47 bits per heavy atom. The van der Waals surface area contributed by atoms with Crippen LogP contribution in [0.25, 0.3) is 6.08 Å². The maximum Gasteiger partial charge on any atom is 0.335 e.